The molecule has 0 radical (unpaired) electrons. The standard InChI is InChI=1S/C19H24N2O4/c1-4-19(2,18(24)25-3)20-16(22)12-9-14-7-10-15(11-8-14)21-13-5-6-17(21)23/h7-12H,4-6,13H2,1-3H3,(H,20,22)/b12-9-/t19-/m1/s1. The number of carbonyl (C=O) groups is 3. The van der Waals surface area contributed by atoms with Crippen LogP contribution in [0.25, 0.3) is 6.08 Å². The maximum Gasteiger partial charge on any atom is 0.331 e. The van der Waals surface area contributed by atoms with Gasteiger partial charge < -0.3 is 15.0 Å². The molecule has 25 heavy (non-hydrogen) atoms. The van der Waals surface area contributed by atoms with Gasteiger partial charge in [0.25, 0.3) is 0 Å². The van der Waals surface area contributed by atoms with E-state index in [1.54, 1.807) is 24.8 Å². The van der Waals surface area contributed by atoms with Crippen LogP contribution in [0, 0.1) is 0 Å². The lowest BCUT2D eigenvalue weighted by Gasteiger charge is -2.25. The minimum atomic E-state index is -1.05. The van der Waals surface area contributed by atoms with Crippen molar-refractivity contribution in [3.8, 4) is 0 Å². The summed E-state index contributed by atoms with van der Waals surface area (Å²) >= 11 is 0. The molecule has 1 aromatic rings. The van der Waals surface area contributed by atoms with Crippen LogP contribution in [0.1, 0.15) is 38.7 Å². The molecule has 1 saturated heterocycles. The summed E-state index contributed by atoms with van der Waals surface area (Å²) in [7, 11) is 1.30. The third-order valence-electron chi connectivity index (χ3n) is 4.45. The van der Waals surface area contributed by atoms with Crippen molar-refractivity contribution in [3.63, 3.8) is 0 Å². The van der Waals surface area contributed by atoms with Crippen molar-refractivity contribution in [2.45, 2.75) is 38.6 Å². The normalized spacial score (nSPS) is 16.8. The zero-order chi connectivity index (χ0) is 18.4. The predicted octanol–water partition coefficient (Wildman–Crippen LogP) is 2.28. The maximum atomic E-state index is 12.1. The number of esters is 1. The molecule has 1 atom stereocenters. The van der Waals surface area contributed by atoms with Gasteiger partial charge >= 0.3 is 5.97 Å². The van der Waals surface area contributed by atoms with Gasteiger partial charge in [-0.2, -0.15) is 0 Å². The number of nitrogens with one attached hydrogen (secondary N) is 1. The molecule has 1 N–H and O–H groups in total. The molecule has 1 aliphatic heterocycles. The molecule has 6 heteroatoms. The Morgan fingerprint density at radius 3 is 2.52 bits per heavy atom. The van der Waals surface area contributed by atoms with E-state index < -0.39 is 11.5 Å². The van der Waals surface area contributed by atoms with Crippen LogP contribution >= 0.6 is 0 Å². The van der Waals surface area contributed by atoms with Gasteiger partial charge in [-0.25, -0.2) is 4.79 Å². The number of ether oxygens (including phenoxy) is 1. The van der Waals surface area contributed by atoms with Gasteiger partial charge in [0.2, 0.25) is 11.8 Å². The molecule has 134 valence electrons. The van der Waals surface area contributed by atoms with Crippen LogP contribution in [0.3, 0.4) is 0 Å². The topological polar surface area (TPSA) is 75.7 Å². The molecule has 2 amide bonds. The van der Waals surface area contributed by atoms with E-state index in [1.165, 1.54) is 13.2 Å². The molecule has 0 aromatic heterocycles. The van der Waals surface area contributed by atoms with E-state index in [1.807, 2.05) is 24.3 Å². The van der Waals surface area contributed by atoms with E-state index in [0.29, 0.717) is 12.8 Å². The molecule has 0 bridgehead atoms. The summed E-state index contributed by atoms with van der Waals surface area (Å²) in [6.45, 7) is 4.19. The number of hydrogen-bond donors (Lipinski definition) is 1. The number of rotatable bonds is 6. The first kappa shape index (κ1) is 18.7. The highest BCUT2D eigenvalue weighted by molar-refractivity contribution is 5.97. The maximum absolute atomic E-state index is 12.1. The molecule has 2 rings (SSSR count). The second kappa shape index (κ2) is 7.96. The van der Waals surface area contributed by atoms with Gasteiger partial charge in [0.15, 0.2) is 0 Å². The Morgan fingerprint density at radius 2 is 2.00 bits per heavy atom. The summed E-state index contributed by atoms with van der Waals surface area (Å²) in [5.41, 5.74) is 0.658. The summed E-state index contributed by atoms with van der Waals surface area (Å²) in [6, 6.07) is 7.44. The van der Waals surface area contributed by atoms with Crippen molar-refractivity contribution in [1.82, 2.24) is 5.32 Å². The third-order valence-corrected chi connectivity index (χ3v) is 4.45. The molecule has 1 aromatic carbocycles. The summed E-state index contributed by atoms with van der Waals surface area (Å²) in [5, 5.41) is 2.67. The van der Waals surface area contributed by atoms with Gasteiger partial charge in [0, 0.05) is 24.7 Å². The van der Waals surface area contributed by atoms with Crippen LogP contribution in [0.4, 0.5) is 5.69 Å². The van der Waals surface area contributed by atoms with Crippen LogP contribution in [0.2, 0.25) is 0 Å². The Kier molecular flexibility index (Phi) is 5.96. The largest absolute Gasteiger partial charge is 0.467 e. The molecule has 6 nitrogen and oxygen atoms in total. The van der Waals surface area contributed by atoms with Crippen LogP contribution in [0.15, 0.2) is 30.3 Å². The quantitative estimate of drug-likeness (QED) is 0.634. The van der Waals surface area contributed by atoms with Crippen molar-refractivity contribution in [2.24, 2.45) is 0 Å². The minimum Gasteiger partial charge on any atom is -0.467 e. The summed E-state index contributed by atoms with van der Waals surface area (Å²) < 4.78 is 4.73. The second-order valence-corrected chi connectivity index (χ2v) is 6.24. The number of amides is 2. The summed E-state index contributed by atoms with van der Waals surface area (Å²) in [6.07, 6.45) is 4.96. The number of hydrogen-bond acceptors (Lipinski definition) is 4. The van der Waals surface area contributed by atoms with Gasteiger partial charge in [-0.05, 0) is 43.5 Å². The van der Waals surface area contributed by atoms with E-state index in [0.717, 1.165) is 24.2 Å². The lowest BCUT2D eigenvalue weighted by molar-refractivity contribution is -0.149. The number of nitrogens with zero attached hydrogens (tertiary/aromatic N) is 1. The lowest BCUT2D eigenvalue weighted by Crippen LogP contribution is -2.51. The molecule has 0 unspecified atom stereocenters. The predicted molar refractivity (Wildman–Crippen MR) is 95.9 cm³/mol. The fourth-order valence-corrected chi connectivity index (χ4v) is 2.68. The Morgan fingerprint density at radius 1 is 1.32 bits per heavy atom. The molecule has 1 fully saturated rings. The number of benzene rings is 1. The summed E-state index contributed by atoms with van der Waals surface area (Å²) in [5.74, 6) is -0.700. The van der Waals surface area contributed by atoms with E-state index in [-0.39, 0.29) is 11.8 Å². The van der Waals surface area contributed by atoms with Gasteiger partial charge in [-0.3, -0.25) is 9.59 Å². The van der Waals surface area contributed by atoms with Gasteiger partial charge in [-0.1, -0.05) is 19.1 Å². The molecule has 0 saturated carbocycles. The average molecular weight is 344 g/mol. The first-order chi connectivity index (χ1) is 11.9. The lowest BCUT2D eigenvalue weighted by atomic mass is 9.99. The zero-order valence-corrected chi connectivity index (χ0v) is 14.9. The fourth-order valence-electron chi connectivity index (χ4n) is 2.68. The van der Waals surface area contributed by atoms with Crippen molar-refractivity contribution >= 4 is 29.5 Å². The minimum absolute atomic E-state index is 0.143. The van der Waals surface area contributed by atoms with Gasteiger partial charge in [-0.15, -0.1) is 0 Å². The smallest absolute Gasteiger partial charge is 0.331 e. The number of carbonyl (C=O) groups excluding carboxylic acids is 3. The SMILES string of the molecule is CC[C@@](C)(NC(=O)/C=C\c1ccc(N2CCCC2=O)cc1)C(=O)OC. The number of methoxy groups -OCH3 is 1. The van der Waals surface area contributed by atoms with Crippen molar-refractivity contribution in [2.75, 3.05) is 18.6 Å². The average Bonchev–Trinajstić information content (AvgIpc) is 3.05. The molecular formula is C19H24N2O4. The molecule has 1 heterocycles. The highest BCUT2D eigenvalue weighted by atomic mass is 16.5. The number of anilines is 1. The van der Waals surface area contributed by atoms with Crippen LogP contribution in [0.5, 0.6) is 0 Å². The second-order valence-electron chi connectivity index (χ2n) is 6.24. The van der Waals surface area contributed by atoms with Gasteiger partial charge in [0.05, 0.1) is 7.11 Å². The Balaban J connectivity index is 2.00. The molecule has 1 aliphatic rings. The molecular weight excluding hydrogens is 320 g/mol. The van der Waals surface area contributed by atoms with Crippen molar-refractivity contribution in [1.29, 1.82) is 0 Å². The highest BCUT2D eigenvalue weighted by Gasteiger charge is 2.33. The first-order valence-electron chi connectivity index (χ1n) is 8.38. The Hall–Kier alpha value is -2.63. The Bertz CT molecular complexity index is 681. The highest BCUT2D eigenvalue weighted by Crippen LogP contribution is 2.22. The van der Waals surface area contributed by atoms with E-state index in [2.05, 4.69) is 5.32 Å². The van der Waals surface area contributed by atoms with Crippen LogP contribution in [-0.2, 0) is 19.1 Å². The molecule has 0 aliphatic carbocycles. The van der Waals surface area contributed by atoms with Gasteiger partial charge in [0.1, 0.15) is 5.54 Å². The molecule has 0 spiro atoms. The van der Waals surface area contributed by atoms with E-state index >= 15 is 0 Å². The third kappa shape index (κ3) is 4.47. The van der Waals surface area contributed by atoms with E-state index in [9.17, 15) is 14.4 Å². The Labute approximate surface area is 147 Å². The first-order valence-corrected chi connectivity index (χ1v) is 8.38. The van der Waals surface area contributed by atoms with Crippen molar-refractivity contribution in [3.05, 3.63) is 35.9 Å². The van der Waals surface area contributed by atoms with Crippen LogP contribution in [-0.4, -0.2) is 37.0 Å². The zero-order valence-electron chi connectivity index (χ0n) is 14.9. The summed E-state index contributed by atoms with van der Waals surface area (Å²) in [4.78, 5) is 37.3. The fraction of sp³-hybridized carbons (Fsp3) is 0.421. The van der Waals surface area contributed by atoms with Crippen molar-refractivity contribution < 1.29 is 19.1 Å². The van der Waals surface area contributed by atoms with Crippen LogP contribution < -0.4 is 10.2 Å². The monoisotopic (exact) mass is 344 g/mol. The van der Waals surface area contributed by atoms with E-state index in [4.69, 9.17) is 4.74 Å².